The van der Waals surface area contributed by atoms with Crippen LogP contribution in [0.4, 0.5) is 8.78 Å². The van der Waals surface area contributed by atoms with Crippen LogP contribution in [-0.4, -0.2) is 14.8 Å². The van der Waals surface area contributed by atoms with Crippen LogP contribution < -0.4 is 0 Å². The zero-order valence-electron chi connectivity index (χ0n) is 10.2. The number of aromatic nitrogens is 3. The van der Waals surface area contributed by atoms with Gasteiger partial charge in [-0.3, -0.25) is 4.98 Å². The third-order valence-electron chi connectivity index (χ3n) is 2.99. The normalized spacial score (nSPS) is 11.4. The summed E-state index contributed by atoms with van der Waals surface area (Å²) in [6.07, 6.45) is 3.18. The lowest BCUT2D eigenvalue weighted by molar-refractivity contribution is 0.0615. The number of rotatable bonds is 2. The highest BCUT2D eigenvalue weighted by Gasteiger charge is 2.11. The van der Waals surface area contributed by atoms with Gasteiger partial charge in [0.2, 0.25) is 0 Å². The van der Waals surface area contributed by atoms with Crippen LogP contribution in [0, 0.1) is 6.92 Å². The van der Waals surface area contributed by atoms with Crippen LogP contribution in [0.2, 0.25) is 0 Å². The summed E-state index contributed by atoms with van der Waals surface area (Å²) in [6, 6.07) is 9.12. The maximum absolute atomic E-state index is 12.7. The molecule has 3 nitrogen and oxygen atoms in total. The van der Waals surface area contributed by atoms with Crippen molar-refractivity contribution in [3.63, 3.8) is 0 Å². The van der Waals surface area contributed by atoms with Gasteiger partial charge in [0.25, 0.3) is 0 Å². The van der Waals surface area contributed by atoms with Gasteiger partial charge in [0.05, 0.1) is 17.4 Å². The molecule has 0 atom stereocenters. The molecule has 0 N–H and O–H groups in total. The third kappa shape index (κ3) is 2.07. The van der Waals surface area contributed by atoms with Gasteiger partial charge in [-0.25, -0.2) is 4.68 Å². The van der Waals surface area contributed by atoms with Crippen molar-refractivity contribution in [1.82, 2.24) is 14.8 Å². The highest BCUT2D eigenvalue weighted by Crippen LogP contribution is 2.25. The van der Waals surface area contributed by atoms with Crippen molar-refractivity contribution >= 4 is 10.9 Å². The average molecular weight is 259 g/mol. The Bertz CT molecular complexity index is 734. The summed E-state index contributed by atoms with van der Waals surface area (Å²) in [5, 5.41) is 4.37. The molecular weight excluding hydrogens is 248 g/mol. The molecule has 0 aliphatic carbocycles. The van der Waals surface area contributed by atoms with E-state index in [4.69, 9.17) is 0 Å². The van der Waals surface area contributed by atoms with Crippen LogP contribution in [0.3, 0.4) is 0 Å². The number of alkyl halides is 2. The summed E-state index contributed by atoms with van der Waals surface area (Å²) in [7, 11) is 0. The third-order valence-corrected chi connectivity index (χ3v) is 2.99. The summed E-state index contributed by atoms with van der Waals surface area (Å²) in [4.78, 5) is 4.28. The second-order valence-electron chi connectivity index (χ2n) is 4.36. The minimum atomic E-state index is -2.62. The molecule has 0 unspecified atom stereocenters. The quantitative estimate of drug-likeness (QED) is 0.700. The molecule has 19 heavy (non-hydrogen) atoms. The van der Waals surface area contributed by atoms with E-state index in [9.17, 15) is 8.78 Å². The van der Waals surface area contributed by atoms with E-state index in [1.54, 1.807) is 18.3 Å². The number of hydrogen-bond donors (Lipinski definition) is 0. The van der Waals surface area contributed by atoms with Crippen molar-refractivity contribution in [1.29, 1.82) is 0 Å². The Morgan fingerprint density at radius 2 is 2.00 bits per heavy atom. The maximum Gasteiger partial charge on any atom is 0.333 e. The van der Waals surface area contributed by atoms with E-state index in [1.165, 1.54) is 6.20 Å². The van der Waals surface area contributed by atoms with Crippen LogP contribution in [0.1, 0.15) is 12.1 Å². The number of pyridine rings is 1. The summed E-state index contributed by atoms with van der Waals surface area (Å²) in [6.45, 7) is -0.640. The van der Waals surface area contributed by atoms with Crippen molar-refractivity contribution < 1.29 is 8.78 Å². The van der Waals surface area contributed by atoms with Crippen LogP contribution in [0.5, 0.6) is 0 Å². The minimum absolute atomic E-state index is 0.423. The first-order valence-corrected chi connectivity index (χ1v) is 5.83. The van der Waals surface area contributed by atoms with Crippen molar-refractivity contribution in [3.05, 3.63) is 48.3 Å². The molecule has 0 spiro atoms. The van der Waals surface area contributed by atoms with E-state index in [2.05, 4.69) is 10.1 Å². The molecule has 2 heterocycles. The number of hydrogen-bond acceptors (Lipinski definition) is 2. The zero-order chi connectivity index (χ0) is 13.4. The minimum Gasteiger partial charge on any atom is -0.256 e. The van der Waals surface area contributed by atoms with E-state index in [-0.39, 0.29) is 0 Å². The van der Waals surface area contributed by atoms with Gasteiger partial charge in [-0.15, -0.1) is 0 Å². The molecule has 0 saturated heterocycles. The SMILES string of the molecule is Cc1ccnc(-c2ccc3c(cnn3C(F)F)c2)c1. The van der Waals surface area contributed by atoms with Crippen LogP contribution in [0.25, 0.3) is 22.2 Å². The van der Waals surface area contributed by atoms with E-state index < -0.39 is 6.55 Å². The number of benzene rings is 1. The summed E-state index contributed by atoms with van der Waals surface area (Å²) in [5.41, 5.74) is 3.25. The molecule has 5 heteroatoms. The second kappa shape index (κ2) is 4.42. The average Bonchev–Trinajstić information content (AvgIpc) is 2.81. The van der Waals surface area contributed by atoms with Gasteiger partial charge in [0.15, 0.2) is 0 Å². The van der Waals surface area contributed by atoms with E-state index >= 15 is 0 Å². The van der Waals surface area contributed by atoms with Gasteiger partial charge in [0.1, 0.15) is 0 Å². The molecule has 0 saturated carbocycles. The predicted molar refractivity (Wildman–Crippen MR) is 69.0 cm³/mol. The Morgan fingerprint density at radius 1 is 1.16 bits per heavy atom. The van der Waals surface area contributed by atoms with E-state index in [1.807, 2.05) is 25.1 Å². The molecule has 0 amide bonds. The van der Waals surface area contributed by atoms with Gasteiger partial charge in [0, 0.05) is 17.1 Å². The van der Waals surface area contributed by atoms with Crippen molar-refractivity contribution in [2.24, 2.45) is 0 Å². The lowest BCUT2D eigenvalue weighted by atomic mass is 10.1. The highest BCUT2D eigenvalue weighted by atomic mass is 19.3. The molecule has 2 aromatic heterocycles. The van der Waals surface area contributed by atoms with E-state index in [0.717, 1.165) is 16.8 Å². The molecule has 0 fully saturated rings. The van der Waals surface area contributed by atoms with Crippen molar-refractivity contribution in [2.75, 3.05) is 0 Å². The van der Waals surface area contributed by atoms with Crippen LogP contribution >= 0.6 is 0 Å². The van der Waals surface area contributed by atoms with Crippen LogP contribution in [-0.2, 0) is 0 Å². The summed E-state index contributed by atoms with van der Waals surface area (Å²) in [5.74, 6) is 0. The molecule has 0 aliphatic heterocycles. The molecule has 3 aromatic rings. The Balaban J connectivity index is 2.12. The highest BCUT2D eigenvalue weighted by molar-refractivity contribution is 5.84. The Hall–Kier alpha value is -2.30. The zero-order valence-corrected chi connectivity index (χ0v) is 10.2. The Kier molecular flexibility index (Phi) is 2.74. The molecular formula is C14H11F2N3. The standard InChI is InChI=1S/C14H11F2N3/c1-9-4-5-17-12(6-9)10-2-3-13-11(7-10)8-18-19(13)14(15)16/h2-8,14H,1H3. The van der Waals surface area contributed by atoms with Gasteiger partial charge < -0.3 is 0 Å². The first kappa shape index (κ1) is 11.8. The Labute approximate surface area is 108 Å². The van der Waals surface area contributed by atoms with Crippen molar-refractivity contribution in [3.8, 4) is 11.3 Å². The fourth-order valence-corrected chi connectivity index (χ4v) is 2.06. The van der Waals surface area contributed by atoms with Crippen molar-refractivity contribution in [2.45, 2.75) is 13.5 Å². The second-order valence-corrected chi connectivity index (χ2v) is 4.36. The topological polar surface area (TPSA) is 30.7 Å². The summed E-state index contributed by atoms with van der Waals surface area (Å²) >= 11 is 0. The monoisotopic (exact) mass is 259 g/mol. The predicted octanol–water partition coefficient (Wildman–Crippen LogP) is 3.80. The molecule has 96 valence electrons. The molecule has 0 aliphatic rings. The number of aryl methyl sites for hydroxylation is 1. The maximum atomic E-state index is 12.7. The van der Waals surface area contributed by atoms with Gasteiger partial charge >= 0.3 is 6.55 Å². The van der Waals surface area contributed by atoms with Gasteiger partial charge in [-0.1, -0.05) is 6.07 Å². The lowest BCUT2D eigenvalue weighted by Crippen LogP contribution is -1.99. The molecule has 3 rings (SSSR count). The summed E-state index contributed by atoms with van der Waals surface area (Å²) < 4.78 is 26.1. The van der Waals surface area contributed by atoms with Crippen LogP contribution in [0.15, 0.2) is 42.7 Å². The molecule has 1 aromatic carbocycles. The van der Waals surface area contributed by atoms with Gasteiger partial charge in [-0.05, 0) is 36.8 Å². The molecule has 0 bridgehead atoms. The fraction of sp³-hybridized carbons (Fsp3) is 0.143. The van der Waals surface area contributed by atoms with E-state index in [0.29, 0.717) is 15.6 Å². The van der Waals surface area contributed by atoms with Gasteiger partial charge in [-0.2, -0.15) is 13.9 Å². The Morgan fingerprint density at radius 3 is 2.74 bits per heavy atom. The number of fused-ring (bicyclic) bond motifs is 1. The largest absolute Gasteiger partial charge is 0.333 e. The number of nitrogens with zero attached hydrogens (tertiary/aromatic N) is 3. The fourth-order valence-electron chi connectivity index (χ4n) is 2.06. The first-order valence-electron chi connectivity index (χ1n) is 5.83. The first-order chi connectivity index (χ1) is 9.15. The lowest BCUT2D eigenvalue weighted by Gasteiger charge is -2.04. The smallest absolute Gasteiger partial charge is 0.256 e. The molecule has 0 radical (unpaired) electrons. The number of halogens is 2.